The number of ether oxygens (including phenoxy) is 1. The maximum Gasteiger partial charge on any atom is 0.135 e. The number of aliphatic hydroxyl groups is 1. The zero-order valence-corrected chi connectivity index (χ0v) is 21.9. The molecule has 3 unspecified atom stereocenters. The van der Waals surface area contributed by atoms with Crippen LogP contribution >= 0.6 is 0 Å². The number of allylic oxidation sites excluding steroid dienone is 2. The first-order valence-electron chi connectivity index (χ1n) is 13.4. The number of aromatic nitrogens is 2. The van der Waals surface area contributed by atoms with Gasteiger partial charge in [-0.15, -0.1) is 0 Å². The fraction of sp³-hybridized carbons (Fsp3) is 0.387. The van der Waals surface area contributed by atoms with Crippen molar-refractivity contribution in [1.29, 1.82) is 0 Å². The molecular formula is C31H38N4O2. The van der Waals surface area contributed by atoms with Gasteiger partial charge in [-0.05, 0) is 43.4 Å². The van der Waals surface area contributed by atoms with Gasteiger partial charge in [0, 0.05) is 42.5 Å². The predicted octanol–water partition coefficient (Wildman–Crippen LogP) is 5.04. The first kappa shape index (κ1) is 25.6. The van der Waals surface area contributed by atoms with E-state index in [0.29, 0.717) is 5.92 Å². The van der Waals surface area contributed by atoms with Gasteiger partial charge in [0.15, 0.2) is 0 Å². The molecule has 6 heteroatoms. The van der Waals surface area contributed by atoms with Gasteiger partial charge >= 0.3 is 0 Å². The number of rotatable bonds is 9. The van der Waals surface area contributed by atoms with Gasteiger partial charge in [-0.3, -0.25) is 10.2 Å². The Morgan fingerprint density at radius 1 is 1.05 bits per heavy atom. The summed E-state index contributed by atoms with van der Waals surface area (Å²) in [5.41, 5.74) is 5.77. The fourth-order valence-electron chi connectivity index (χ4n) is 5.33. The third-order valence-electron chi connectivity index (χ3n) is 7.38. The Morgan fingerprint density at radius 3 is 2.46 bits per heavy atom. The van der Waals surface area contributed by atoms with Gasteiger partial charge in [0.1, 0.15) is 11.9 Å². The van der Waals surface area contributed by atoms with E-state index in [4.69, 9.17) is 9.84 Å². The van der Waals surface area contributed by atoms with Gasteiger partial charge in [-0.1, -0.05) is 73.7 Å². The van der Waals surface area contributed by atoms with Gasteiger partial charge in [-0.2, -0.15) is 5.10 Å². The van der Waals surface area contributed by atoms with Crippen LogP contribution in [0, 0.1) is 12.8 Å². The summed E-state index contributed by atoms with van der Waals surface area (Å²) in [5, 5.41) is 20.4. The predicted molar refractivity (Wildman–Crippen MR) is 149 cm³/mol. The molecule has 1 fully saturated rings. The van der Waals surface area contributed by atoms with Crippen molar-refractivity contribution in [2.45, 2.75) is 39.0 Å². The molecule has 0 radical (unpaired) electrons. The molecule has 2 aliphatic rings. The van der Waals surface area contributed by atoms with Crippen LogP contribution in [0.2, 0.25) is 0 Å². The van der Waals surface area contributed by atoms with Crippen LogP contribution in [0.4, 0.5) is 0 Å². The Balaban J connectivity index is 1.47. The van der Waals surface area contributed by atoms with Crippen molar-refractivity contribution in [2.75, 3.05) is 32.8 Å². The second-order valence-electron chi connectivity index (χ2n) is 10.1. The molecule has 194 valence electrons. The summed E-state index contributed by atoms with van der Waals surface area (Å²) in [4.78, 5) is 2.45. The molecule has 3 atom stereocenters. The van der Waals surface area contributed by atoms with Gasteiger partial charge in [0.05, 0.1) is 18.9 Å². The number of benzene rings is 2. The van der Waals surface area contributed by atoms with Crippen LogP contribution in [0.5, 0.6) is 0 Å². The molecule has 3 aromatic rings. The van der Waals surface area contributed by atoms with Crippen molar-refractivity contribution >= 4 is 0 Å². The number of nitrogens with zero attached hydrogens (tertiary/aromatic N) is 3. The largest absolute Gasteiger partial charge is 0.379 e. The molecular weight excluding hydrogens is 460 g/mol. The highest BCUT2D eigenvalue weighted by molar-refractivity contribution is 5.65. The Bertz CT molecular complexity index is 1210. The number of nitrogens with one attached hydrogen (secondary N) is 1. The van der Waals surface area contributed by atoms with E-state index in [-0.39, 0.29) is 6.04 Å². The van der Waals surface area contributed by atoms with Gasteiger partial charge in [0.25, 0.3) is 0 Å². The highest BCUT2D eigenvalue weighted by Gasteiger charge is 2.27. The number of hydrogen-bond donors (Lipinski definition) is 2. The standard InChI is InChI=1S/C31H38N4O2/c1-23-10-9-13-26(22-23)28(16-17-34-18-20-37-21-19-34)32-31(36)29-24(2)35(27-14-7-4-8-15-27)33-30(29)25-11-5-3-6-12-25/h3-9,11-15,22-23,28,31-32,36H,10,16-21H2,1-2H3. The molecule has 1 saturated heterocycles. The van der Waals surface area contributed by atoms with E-state index in [9.17, 15) is 5.11 Å². The van der Waals surface area contributed by atoms with E-state index < -0.39 is 6.23 Å². The quantitative estimate of drug-likeness (QED) is 0.405. The Morgan fingerprint density at radius 2 is 1.76 bits per heavy atom. The lowest BCUT2D eigenvalue weighted by Gasteiger charge is -2.31. The van der Waals surface area contributed by atoms with E-state index in [2.05, 4.69) is 47.5 Å². The molecule has 37 heavy (non-hydrogen) atoms. The van der Waals surface area contributed by atoms with Crippen LogP contribution in [-0.2, 0) is 4.74 Å². The Labute approximate surface area is 220 Å². The minimum absolute atomic E-state index is 0.0277. The smallest absolute Gasteiger partial charge is 0.135 e. The van der Waals surface area contributed by atoms with E-state index in [1.54, 1.807) is 0 Å². The molecule has 0 saturated carbocycles. The van der Waals surface area contributed by atoms with Crippen LogP contribution in [0.3, 0.4) is 0 Å². The van der Waals surface area contributed by atoms with Gasteiger partial charge < -0.3 is 9.84 Å². The van der Waals surface area contributed by atoms with Crippen LogP contribution in [0.25, 0.3) is 16.9 Å². The lowest BCUT2D eigenvalue weighted by Crippen LogP contribution is -2.41. The summed E-state index contributed by atoms with van der Waals surface area (Å²) in [6.07, 6.45) is 7.93. The average molecular weight is 499 g/mol. The summed E-state index contributed by atoms with van der Waals surface area (Å²) >= 11 is 0. The zero-order valence-electron chi connectivity index (χ0n) is 21.9. The van der Waals surface area contributed by atoms with Crippen molar-refractivity contribution in [3.8, 4) is 16.9 Å². The van der Waals surface area contributed by atoms with Gasteiger partial charge in [-0.25, -0.2) is 4.68 Å². The number of hydrogen-bond acceptors (Lipinski definition) is 5. The second kappa shape index (κ2) is 12.0. The summed E-state index contributed by atoms with van der Waals surface area (Å²) in [5.74, 6) is 0.493. The molecule has 1 aromatic heterocycles. The van der Waals surface area contributed by atoms with Crippen LogP contribution in [0.1, 0.15) is 37.3 Å². The topological polar surface area (TPSA) is 62.6 Å². The molecule has 5 rings (SSSR count). The van der Waals surface area contributed by atoms with Crippen molar-refractivity contribution in [1.82, 2.24) is 20.0 Å². The lowest BCUT2D eigenvalue weighted by atomic mass is 9.91. The van der Waals surface area contributed by atoms with E-state index in [1.165, 1.54) is 5.57 Å². The molecule has 0 spiro atoms. The molecule has 2 N–H and O–H groups in total. The third kappa shape index (κ3) is 6.11. The van der Waals surface area contributed by atoms with Crippen LogP contribution in [0.15, 0.2) is 84.5 Å². The average Bonchev–Trinajstić information content (AvgIpc) is 3.29. The summed E-state index contributed by atoms with van der Waals surface area (Å²) in [6, 6.07) is 20.3. The SMILES string of the molecule is Cc1c(C(O)NC(CCN2CCOCC2)C2=CC(C)CC=C2)c(-c2ccccc2)nn1-c1ccccc1. The maximum atomic E-state index is 11.8. The molecule has 1 aliphatic carbocycles. The normalized spacial score (nSPS) is 20.0. The van der Waals surface area contributed by atoms with Crippen molar-refractivity contribution in [3.63, 3.8) is 0 Å². The van der Waals surface area contributed by atoms with Crippen molar-refractivity contribution in [3.05, 3.63) is 95.7 Å². The minimum Gasteiger partial charge on any atom is -0.379 e. The Kier molecular flexibility index (Phi) is 8.31. The van der Waals surface area contributed by atoms with E-state index in [1.807, 2.05) is 60.1 Å². The van der Waals surface area contributed by atoms with Crippen molar-refractivity contribution in [2.24, 2.45) is 5.92 Å². The van der Waals surface area contributed by atoms with Gasteiger partial charge in [0.2, 0.25) is 0 Å². The summed E-state index contributed by atoms with van der Waals surface area (Å²) in [6.45, 7) is 8.75. The van der Waals surface area contributed by atoms with E-state index in [0.717, 1.165) is 73.9 Å². The molecule has 2 heterocycles. The molecule has 0 bridgehead atoms. The number of para-hydroxylation sites is 1. The summed E-state index contributed by atoms with van der Waals surface area (Å²) in [7, 11) is 0. The zero-order chi connectivity index (χ0) is 25.6. The molecule has 0 amide bonds. The molecule has 2 aromatic carbocycles. The number of aliphatic hydroxyl groups excluding tert-OH is 1. The lowest BCUT2D eigenvalue weighted by molar-refractivity contribution is 0.0353. The monoisotopic (exact) mass is 498 g/mol. The number of morpholine rings is 1. The molecule has 6 nitrogen and oxygen atoms in total. The first-order valence-corrected chi connectivity index (χ1v) is 13.4. The first-order chi connectivity index (χ1) is 18.1. The summed E-state index contributed by atoms with van der Waals surface area (Å²) < 4.78 is 7.48. The maximum absolute atomic E-state index is 11.8. The van der Waals surface area contributed by atoms with Crippen LogP contribution in [-0.4, -0.2) is 58.7 Å². The Hall–Kier alpha value is -3.03. The highest BCUT2D eigenvalue weighted by atomic mass is 16.5. The van der Waals surface area contributed by atoms with Crippen LogP contribution < -0.4 is 5.32 Å². The van der Waals surface area contributed by atoms with E-state index >= 15 is 0 Å². The minimum atomic E-state index is -0.867. The second-order valence-corrected chi connectivity index (χ2v) is 10.1. The van der Waals surface area contributed by atoms with Crippen molar-refractivity contribution < 1.29 is 9.84 Å². The highest BCUT2D eigenvalue weighted by Crippen LogP contribution is 2.32. The molecule has 1 aliphatic heterocycles. The fourth-order valence-corrected chi connectivity index (χ4v) is 5.33. The third-order valence-corrected chi connectivity index (χ3v) is 7.38.